The molecule has 23 heavy (non-hydrogen) atoms. The third-order valence-electron chi connectivity index (χ3n) is 3.51. The predicted octanol–water partition coefficient (Wildman–Crippen LogP) is 3.97. The van der Waals surface area contributed by atoms with Gasteiger partial charge in [-0.15, -0.1) is 11.3 Å². The third-order valence-corrected chi connectivity index (χ3v) is 4.41. The van der Waals surface area contributed by atoms with Gasteiger partial charge in [-0.2, -0.15) is 0 Å². The highest BCUT2D eigenvalue weighted by Crippen LogP contribution is 2.15. The van der Waals surface area contributed by atoms with E-state index in [9.17, 15) is 4.79 Å². The van der Waals surface area contributed by atoms with Gasteiger partial charge in [-0.05, 0) is 24.6 Å². The van der Waals surface area contributed by atoms with Crippen molar-refractivity contribution in [3.8, 4) is 0 Å². The van der Waals surface area contributed by atoms with E-state index in [0.29, 0.717) is 12.1 Å². The van der Waals surface area contributed by atoms with Crippen molar-refractivity contribution in [2.45, 2.75) is 19.9 Å². The van der Waals surface area contributed by atoms with Crippen LogP contribution in [0.15, 0.2) is 60.0 Å². The molecule has 0 saturated heterocycles. The maximum absolute atomic E-state index is 12.1. The Hall–Kier alpha value is -2.46. The van der Waals surface area contributed by atoms with Crippen molar-refractivity contribution in [2.24, 2.45) is 0 Å². The highest BCUT2D eigenvalue weighted by molar-refractivity contribution is 7.09. The lowest BCUT2D eigenvalue weighted by Gasteiger charge is -2.04. The van der Waals surface area contributed by atoms with Crippen molar-refractivity contribution in [3.63, 3.8) is 0 Å². The second-order valence-corrected chi connectivity index (χ2v) is 6.39. The number of rotatable bonds is 5. The molecule has 1 N–H and O–H groups in total. The molecule has 0 unspecified atom stereocenters. The number of hydrogen-bond donors (Lipinski definition) is 1. The van der Waals surface area contributed by atoms with Gasteiger partial charge in [0.15, 0.2) is 0 Å². The Morgan fingerprint density at radius 3 is 2.74 bits per heavy atom. The summed E-state index contributed by atoms with van der Waals surface area (Å²) >= 11 is 1.63. The molecule has 0 radical (unpaired) electrons. The van der Waals surface area contributed by atoms with Crippen LogP contribution in [0.4, 0.5) is 0 Å². The number of aromatic nitrogens is 1. The highest BCUT2D eigenvalue weighted by Gasteiger charge is 2.07. The van der Waals surface area contributed by atoms with Gasteiger partial charge in [0.2, 0.25) is 0 Å². The van der Waals surface area contributed by atoms with E-state index in [1.165, 1.54) is 5.56 Å². The van der Waals surface area contributed by atoms with Gasteiger partial charge in [0.1, 0.15) is 0 Å². The fourth-order valence-corrected chi connectivity index (χ4v) is 3.17. The van der Waals surface area contributed by atoms with Crippen LogP contribution in [0.5, 0.6) is 0 Å². The molecule has 2 aromatic carbocycles. The number of hydrogen-bond acceptors (Lipinski definition) is 3. The Morgan fingerprint density at radius 2 is 1.96 bits per heavy atom. The molecule has 1 aromatic heterocycles. The van der Waals surface area contributed by atoms with Crippen LogP contribution in [0.2, 0.25) is 0 Å². The molecule has 0 aliphatic heterocycles. The van der Waals surface area contributed by atoms with E-state index in [0.717, 1.165) is 22.7 Å². The van der Waals surface area contributed by atoms with Crippen LogP contribution in [0, 0.1) is 6.92 Å². The molecular weight excluding hydrogens is 304 g/mol. The van der Waals surface area contributed by atoms with Gasteiger partial charge in [-0.3, -0.25) is 4.79 Å². The number of amides is 1. The van der Waals surface area contributed by atoms with Crippen LogP contribution in [-0.2, 0) is 13.0 Å². The lowest BCUT2D eigenvalue weighted by molar-refractivity contribution is 0.0950. The van der Waals surface area contributed by atoms with Crippen LogP contribution >= 0.6 is 11.3 Å². The molecule has 0 spiro atoms. The zero-order valence-electron chi connectivity index (χ0n) is 13.0. The molecule has 0 aliphatic carbocycles. The summed E-state index contributed by atoms with van der Waals surface area (Å²) in [5.74, 6) is -0.0636. The minimum atomic E-state index is -0.0636. The van der Waals surface area contributed by atoms with Gasteiger partial charge in [0.25, 0.3) is 5.91 Å². The standard InChI is InChI=1S/C19H18N2OS/c1-14-6-5-9-16(10-14)19(22)20-12-17-13-23-18(21-17)11-15-7-3-2-4-8-15/h2-10,13H,11-12H2,1H3,(H,20,22). The molecule has 0 aliphatic rings. The van der Waals surface area contributed by atoms with Gasteiger partial charge < -0.3 is 5.32 Å². The normalized spacial score (nSPS) is 10.5. The van der Waals surface area contributed by atoms with Crippen LogP contribution in [-0.4, -0.2) is 10.9 Å². The molecule has 0 saturated carbocycles. The van der Waals surface area contributed by atoms with Crippen LogP contribution in [0.3, 0.4) is 0 Å². The third kappa shape index (κ3) is 4.27. The zero-order chi connectivity index (χ0) is 16.1. The van der Waals surface area contributed by atoms with Gasteiger partial charge in [-0.1, -0.05) is 48.0 Å². The van der Waals surface area contributed by atoms with E-state index in [-0.39, 0.29) is 5.91 Å². The molecule has 0 atom stereocenters. The molecule has 3 aromatic rings. The topological polar surface area (TPSA) is 42.0 Å². The maximum atomic E-state index is 12.1. The minimum Gasteiger partial charge on any atom is -0.346 e. The lowest BCUT2D eigenvalue weighted by atomic mass is 10.1. The summed E-state index contributed by atoms with van der Waals surface area (Å²) < 4.78 is 0. The molecule has 0 fully saturated rings. The number of carbonyl (C=O) groups excluding carboxylic acids is 1. The number of nitrogens with zero attached hydrogens (tertiary/aromatic N) is 1. The molecule has 116 valence electrons. The van der Waals surface area contributed by atoms with Gasteiger partial charge in [0, 0.05) is 17.4 Å². The summed E-state index contributed by atoms with van der Waals surface area (Å²) in [5, 5.41) is 6.00. The molecular formula is C19H18N2OS. The molecule has 4 heteroatoms. The number of nitrogens with one attached hydrogen (secondary N) is 1. The molecule has 3 nitrogen and oxygen atoms in total. The lowest BCUT2D eigenvalue weighted by Crippen LogP contribution is -2.23. The van der Waals surface area contributed by atoms with Crippen molar-refractivity contribution in [3.05, 3.63) is 87.4 Å². The first-order valence-electron chi connectivity index (χ1n) is 7.53. The summed E-state index contributed by atoms with van der Waals surface area (Å²) in [4.78, 5) is 16.7. The van der Waals surface area contributed by atoms with E-state index in [2.05, 4.69) is 22.4 Å². The first kappa shape index (κ1) is 15.4. The van der Waals surface area contributed by atoms with Gasteiger partial charge in [0.05, 0.1) is 17.2 Å². The van der Waals surface area contributed by atoms with E-state index >= 15 is 0 Å². The second-order valence-electron chi connectivity index (χ2n) is 5.45. The summed E-state index contributed by atoms with van der Waals surface area (Å²) in [6.07, 6.45) is 0.831. The number of benzene rings is 2. The van der Waals surface area contributed by atoms with Crippen molar-refractivity contribution in [2.75, 3.05) is 0 Å². The van der Waals surface area contributed by atoms with E-state index in [4.69, 9.17) is 0 Å². The molecule has 3 rings (SSSR count). The SMILES string of the molecule is Cc1cccc(C(=O)NCc2csc(Cc3ccccc3)n2)c1. The quantitative estimate of drug-likeness (QED) is 0.772. The number of thiazole rings is 1. The Kier molecular flexibility index (Phi) is 4.83. The summed E-state index contributed by atoms with van der Waals surface area (Å²) in [7, 11) is 0. The fraction of sp³-hybridized carbons (Fsp3) is 0.158. The average Bonchev–Trinajstić information content (AvgIpc) is 3.01. The minimum absolute atomic E-state index is 0.0636. The average molecular weight is 322 g/mol. The monoisotopic (exact) mass is 322 g/mol. The largest absolute Gasteiger partial charge is 0.346 e. The van der Waals surface area contributed by atoms with Crippen LogP contribution < -0.4 is 5.32 Å². The van der Waals surface area contributed by atoms with E-state index in [1.54, 1.807) is 11.3 Å². The Labute approximate surface area is 140 Å². The second kappa shape index (κ2) is 7.20. The van der Waals surface area contributed by atoms with Gasteiger partial charge in [-0.25, -0.2) is 4.98 Å². The number of aryl methyl sites for hydroxylation is 1. The Morgan fingerprint density at radius 1 is 1.13 bits per heavy atom. The first-order chi connectivity index (χ1) is 11.2. The zero-order valence-corrected chi connectivity index (χ0v) is 13.8. The Balaban J connectivity index is 1.58. The summed E-state index contributed by atoms with van der Waals surface area (Å²) in [6, 6.07) is 17.9. The van der Waals surface area contributed by atoms with Crippen LogP contribution in [0.25, 0.3) is 0 Å². The van der Waals surface area contributed by atoms with E-state index in [1.807, 2.05) is 54.8 Å². The summed E-state index contributed by atoms with van der Waals surface area (Å²) in [5.41, 5.74) is 3.92. The molecule has 0 bridgehead atoms. The predicted molar refractivity (Wildman–Crippen MR) is 93.7 cm³/mol. The molecule has 1 amide bonds. The van der Waals surface area contributed by atoms with Crippen molar-refractivity contribution < 1.29 is 4.79 Å². The maximum Gasteiger partial charge on any atom is 0.251 e. The Bertz CT molecular complexity index is 796. The van der Waals surface area contributed by atoms with Crippen molar-refractivity contribution in [1.29, 1.82) is 0 Å². The van der Waals surface area contributed by atoms with E-state index < -0.39 is 0 Å². The highest BCUT2D eigenvalue weighted by atomic mass is 32.1. The summed E-state index contributed by atoms with van der Waals surface area (Å²) in [6.45, 7) is 2.44. The fourth-order valence-electron chi connectivity index (χ4n) is 2.34. The van der Waals surface area contributed by atoms with Crippen LogP contribution in [0.1, 0.15) is 32.2 Å². The first-order valence-corrected chi connectivity index (χ1v) is 8.41. The van der Waals surface area contributed by atoms with Gasteiger partial charge >= 0.3 is 0 Å². The number of carbonyl (C=O) groups is 1. The van der Waals surface area contributed by atoms with Crippen molar-refractivity contribution >= 4 is 17.2 Å². The molecule has 1 heterocycles. The smallest absolute Gasteiger partial charge is 0.251 e. The van der Waals surface area contributed by atoms with Crippen molar-refractivity contribution in [1.82, 2.24) is 10.3 Å².